The minimum absolute atomic E-state index is 0.0359. The van der Waals surface area contributed by atoms with Gasteiger partial charge >= 0.3 is 12.1 Å². The first-order valence-electron chi connectivity index (χ1n) is 8.48. The van der Waals surface area contributed by atoms with Crippen molar-refractivity contribution in [3.05, 3.63) is 60.2 Å². The van der Waals surface area contributed by atoms with Crippen LogP contribution in [0.2, 0.25) is 0 Å². The molecule has 28 heavy (non-hydrogen) atoms. The van der Waals surface area contributed by atoms with Gasteiger partial charge in [0.15, 0.2) is 0 Å². The van der Waals surface area contributed by atoms with Crippen LogP contribution in [0.4, 0.5) is 24.5 Å². The van der Waals surface area contributed by atoms with E-state index < -0.39 is 17.1 Å². The quantitative estimate of drug-likeness (QED) is 0.722. The Morgan fingerprint density at radius 1 is 1.18 bits per heavy atom. The topological polar surface area (TPSA) is 53.9 Å². The summed E-state index contributed by atoms with van der Waals surface area (Å²) in [6.45, 7) is 3.45. The Bertz CT molecular complexity index is 872. The van der Waals surface area contributed by atoms with Crippen molar-refractivity contribution in [3.8, 4) is 0 Å². The number of anilines is 2. The number of halogens is 3. The van der Waals surface area contributed by atoms with Crippen molar-refractivity contribution in [2.45, 2.75) is 25.0 Å². The lowest BCUT2D eigenvalue weighted by atomic mass is 10.2. The van der Waals surface area contributed by atoms with Crippen LogP contribution in [-0.2, 0) is 9.53 Å². The minimum atomic E-state index is -4.78. The van der Waals surface area contributed by atoms with Gasteiger partial charge < -0.3 is 10.1 Å². The molecule has 9 heteroatoms. The molecule has 0 saturated heterocycles. The highest BCUT2D eigenvalue weighted by Gasteiger charge is 2.65. The van der Waals surface area contributed by atoms with Crippen molar-refractivity contribution in [2.75, 3.05) is 16.9 Å². The Kier molecular flexibility index (Phi) is 5.55. The third-order valence-electron chi connectivity index (χ3n) is 3.93. The lowest BCUT2D eigenvalue weighted by Crippen LogP contribution is -2.58. The first kappa shape index (κ1) is 20.1. The van der Waals surface area contributed by atoms with E-state index in [0.29, 0.717) is 0 Å². The van der Waals surface area contributed by atoms with E-state index in [9.17, 15) is 18.0 Å². The lowest BCUT2D eigenvalue weighted by Gasteiger charge is -2.38. The summed E-state index contributed by atoms with van der Waals surface area (Å²) < 4.78 is 48.0. The van der Waals surface area contributed by atoms with Crippen LogP contribution in [-0.4, -0.2) is 28.8 Å². The molecule has 1 atom stereocenters. The Hall–Kier alpha value is -2.68. The molecule has 0 radical (unpaired) electrons. The maximum Gasteiger partial charge on any atom is 0.443 e. The average molecular weight is 409 g/mol. The van der Waals surface area contributed by atoms with Gasteiger partial charge in [-0.2, -0.15) is 18.3 Å². The zero-order chi connectivity index (χ0) is 20.4. The molecule has 0 aliphatic carbocycles. The summed E-state index contributed by atoms with van der Waals surface area (Å²) in [5, 5.41) is 6.91. The van der Waals surface area contributed by atoms with Crippen LogP contribution in [0.15, 0.2) is 59.7 Å². The third kappa shape index (κ3) is 3.80. The van der Waals surface area contributed by atoms with Crippen LogP contribution < -0.4 is 10.3 Å². The molecule has 1 unspecified atom stereocenters. The number of nitrogens with one attached hydrogen (secondary N) is 1. The average Bonchev–Trinajstić information content (AvgIpc) is 3.05. The van der Waals surface area contributed by atoms with E-state index in [1.54, 1.807) is 49.4 Å². The Labute approximate surface area is 164 Å². The molecule has 0 saturated carbocycles. The number of alkyl halides is 3. The van der Waals surface area contributed by atoms with Crippen LogP contribution in [0.25, 0.3) is 0 Å². The molecule has 0 aromatic heterocycles. The molecule has 0 fully saturated rings. The third-order valence-corrected chi connectivity index (χ3v) is 5.18. The van der Waals surface area contributed by atoms with Gasteiger partial charge in [-0.25, -0.2) is 9.80 Å². The first-order chi connectivity index (χ1) is 13.3. The molecule has 5 nitrogen and oxygen atoms in total. The van der Waals surface area contributed by atoms with E-state index in [0.717, 1.165) is 10.6 Å². The minimum Gasteiger partial charge on any atom is -0.461 e. The van der Waals surface area contributed by atoms with E-state index >= 15 is 0 Å². The number of benzene rings is 2. The van der Waals surface area contributed by atoms with Gasteiger partial charge in [0.1, 0.15) is 0 Å². The summed E-state index contributed by atoms with van der Waals surface area (Å²) in [6.07, 6.45) is -4.78. The molecule has 1 aliphatic rings. The number of thioether (sulfide) groups is 1. The molecule has 3 rings (SSSR count). The summed E-state index contributed by atoms with van der Waals surface area (Å²) in [4.78, 5) is 9.44. The second-order valence-electron chi connectivity index (χ2n) is 6.01. The number of esters is 1. The monoisotopic (exact) mass is 409 g/mol. The number of hydrogen-bond donors (Lipinski definition) is 1. The van der Waals surface area contributed by atoms with E-state index in [1.807, 2.05) is 6.92 Å². The fraction of sp³-hybridized carbons (Fsp3) is 0.263. The van der Waals surface area contributed by atoms with Gasteiger partial charge in [0, 0.05) is 5.69 Å². The van der Waals surface area contributed by atoms with Crippen LogP contribution in [0, 0.1) is 6.92 Å². The molecule has 1 N–H and O–H groups in total. The molecular formula is C19H18F3N3O2S. The summed E-state index contributed by atoms with van der Waals surface area (Å²) >= 11 is 0.280. The Balaban J connectivity index is 2.09. The SMILES string of the molecule is CCOC(=O)C1=NN(c2ccccc2)C(Nc2ccc(C)cc2)(C(F)(F)F)S1. The number of ether oxygens (including phenoxy) is 1. The summed E-state index contributed by atoms with van der Waals surface area (Å²) in [7, 11) is 0. The number of rotatable bonds is 5. The predicted octanol–water partition coefficient (Wildman–Crippen LogP) is 4.75. The highest BCUT2D eigenvalue weighted by molar-refractivity contribution is 8.17. The van der Waals surface area contributed by atoms with E-state index in [4.69, 9.17) is 4.74 Å². The zero-order valence-corrected chi connectivity index (χ0v) is 16.0. The highest BCUT2D eigenvalue weighted by atomic mass is 32.2. The van der Waals surface area contributed by atoms with Crippen LogP contribution in [0.1, 0.15) is 12.5 Å². The highest BCUT2D eigenvalue weighted by Crippen LogP contribution is 2.50. The molecule has 0 bridgehead atoms. The van der Waals surface area contributed by atoms with Gasteiger partial charge in [0.25, 0.3) is 4.99 Å². The summed E-state index contributed by atoms with van der Waals surface area (Å²) in [5.74, 6) is -0.898. The smallest absolute Gasteiger partial charge is 0.443 e. The molecule has 0 amide bonds. The van der Waals surface area contributed by atoms with Crippen LogP contribution in [0.3, 0.4) is 0 Å². The van der Waals surface area contributed by atoms with Crippen molar-refractivity contribution in [3.63, 3.8) is 0 Å². The predicted molar refractivity (Wildman–Crippen MR) is 104 cm³/mol. The second kappa shape index (κ2) is 7.75. The molecular weight excluding hydrogens is 391 g/mol. The fourth-order valence-corrected chi connectivity index (χ4v) is 3.67. The number of aryl methyl sites for hydroxylation is 1. The number of carbonyl (C=O) groups is 1. The van der Waals surface area contributed by atoms with Crippen molar-refractivity contribution in [1.29, 1.82) is 0 Å². The summed E-state index contributed by atoms with van der Waals surface area (Å²) in [6, 6.07) is 14.4. The Morgan fingerprint density at radius 3 is 2.39 bits per heavy atom. The number of nitrogens with zero attached hydrogens (tertiary/aromatic N) is 2. The normalized spacial score (nSPS) is 19.3. The molecule has 2 aromatic rings. The maximum absolute atomic E-state index is 14.4. The van der Waals surface area contributed by atoms with Crippen molar-refractivity contribution in [2.24, 2.45) is 5.10 Å². The van der Waals surface area contributed by atoms with Gasteiger partial charge in [-0.3, -0.25) is 0 Å². The molecule has 148 valence electrons. The number of carbonyl (C=O) groups excluding carboxylic acids is 1. The van der Waals surface area contributed by atoms with Gasteiger partial charge in [0.05, 0.1) is 12.3 Å². The second-order valence-corrected chi connectivity index (χ2v) is 7.19. The number of hydrazone groups is 1. The van der Waals surface area contributed by atoms with Crippen molar-refractivity contribution >= 4 is 34.1 Å². The van der Waals surface area contributed by atoms with Crippen molar-refractivity contribution < 1.29 is 22.7 Å². The van der Waals surface area contributed by atoms with Gasteiger partial charge in [0.2, 0.25) is 5.04 Å². The molecule has 2 aromatic carbocycles. The fourth-order valence-electron chi connectivity index (χ4n) is 2.61. The largest absolute Gasteiger partial charge is 0.461 e. The summed E-state index contributed by atoms with van der Waals surface area (Å²) in [5.41, 5.74) is 1.34. The molecule has 1 aliphatic heterocycles. The molecule has 1 heterocycles. The van der Waals surface area contributed by atoms with E-state index in [1.165, 1.54) is 12.1 Å². The van der Waals surface area contributed by atoms with E-state index in [2.05, 4.69) is 10.4 Å². The zero-order valence-electron chi connectivity index (χ0n) is 15.2. The number of para-hydroxylation sites is 1. The van der Waals surface area contributed by atoms with E-state index in [-0.39, 0.29) is 34.8 Å². The van der Waals surface area contributed by atoms with Crippen molar-refractivity contribution in [1.82, 2.24) is 0 Å². The van der Waals surface area contributed by atoms with Gasteiger partial charge in [-0.15, -0.1) is 0 Å². The van der Waals surface area contributed by atoms with Crippen LogP contribution >= 0.6 is 11.8 Å². The lowest BCUT2D eigenvalue weighted by molar-refractivity contribution is -0.151. The van der Waals surface area contributed by atoms with Gasteiger partial charge in [-0.05, 0) is 49.9 Å². The first-order valence-corrected chi connectivity index (χ1v) is 9.30. The van der Waals surface area contributed by atoms with Gasteiger partial charge in [-0.1, -0.05) is 35.9 Å². The standard InChI is InChI=1S/C19H18F3N3O2S/c1-3-27-17(26)16-24-25(15-7-5-4-6-8-15)19(28-16,18(20,21)22)23-14-11-9-13(2)10-12-14/h4-12,23H,3H2,1-2H3. The maximum atomic E-state index is 14.4. The molecule has 0 spiro atoms. The Morgan fingerprint density at radius 2 is 1.82 bits per heavy atom. The van der Waals surface area contributed by atoms with Crippen LogP contribution in [0.5, 0.6) is 0 Å². The number of hydrogen-bond acceptors (Lipinski definition) is 6.